The molecule has 0 heterocycles. The van der Waals surface area contributed by atoms with Crippen LogP contribution in [0.1, 0.15) is 10.4 Å². The Balaban J connectivity index is 0.00000112. The summed E-state index contributed by atoms with van der Waals surface area (Å²) in [6.45, 7) is 0. The molecule has 0 fully saturated rings. The van der Waals surface area contributed by atoms with Crippen LogP contribution in [-0.2, 0) is 0 Å². The number of benzene rings is 2. The number of hydrogen-bond acceptors (Lipinski definition) is 3. The monoisotopic (exact) mass is 210 g/mol. The number of aromatic carboxylic acids is 1. The number of fused-ring (bicyclic) bond motifs is 1. The molecule has 0 atom stereocenters. The molecule has 0 aliphatic heterocycles. The van der Waals surface area contributed by atoms with E-state index >= 15 is 0 Å². The second kappa shape index (κ2) is 4.66. The molecule has 2 aromatic rings. The summed E-state index contributed by atoms with van der Waals surface area (Å²) in [7, 11) is 0. The average Bonchev–Trinajstić information content (AvgIpc) is 2.16. The molecule has 0 radical (unpaired) electrons. The van der Waals surface area contributed by atoms with Gasteiger partial charge in [0.25, 0.3) is 0 Å². The summed E-state index contributed by atoms with van der Waals surface area (Å²) in [5.41, 5.74) is 0.141. The largest absolute Gasteiger partial charge is 1.00 e. The number of carbonyl (C=O) groups excluding carboxylic acids is 1. The third-order valence-corrected chi connectivity index (χ3v) is 2.08. The van der Waals surface area contributed by atoms with Gasteiger partial charge in [0, 0.05) is 5.56 Å². The average molecular weight is 210 g/mol. The molecule has 0 unspecified atom stereocenters. The van der Waals surface area contributed by atoms with Crippen molar-refractivity contribution in [2.24, 2.45) is 0 Å². The SMILES string of the molecule is O=C([O-])c1cccc2cc(O)ccc12.[Na+]. The minimum Gasteiger partial charge on any atom is -0.545 e. The summed E-state index contributed by atoms with van der Waals surface area (Å²) in [6.07, 6.45) is 0. The van der Waals surface area contributed by atoms with Crippen LogP contribution in [-0.4, -0.2) is 11.1 Å². The quantitative estimate of drug-likeness (QED) is 0.549. The minimum atomic E-state index is -1.21. The van der Waals surface area contributed by atoms with Gasteiger partial charge in [-0.25, -0.2) is 0 Å². The van der Waals surface area contributed by atoms with Crippen LogP contribution in [0, 0.1) is 0 Å². The molecule has 2 rings (SSSR count). The molecule has 0 saturated carbocycles. The molecule has 0 spiro atoms. The van der Waals surface area contributed by atoms with Crippen molar-refractivity contribution in [1.29, 1.82) is 0 Å². The number of rotatable bonds is 1. The zero-order chi connectivity index (χ0) is 10.1. The van der Waals surface area contributed by atoms with Crippen LogP contribution in [0.2, 0.25) is 0 Å². The van der Waals surface area contributed by atoms with Crippen LogP contribution < -0.4 is 34.7 Å². The molecule has 0 saturated heterocycles. The van der Waals surface area contributed by atoms with Crippen molar-refractivity contribution in [3.05, 3.63) is 42.0 Å². The summed E-state index contributed by atoms with van der Waals surface area (Å²) in [6, 6.07) is 9.37. The van der Waals surface area contributed by atoms with Crippen LogP contribution >= 0.6 is 0 Å². The molecule has 0 aliphatic carbocycles. The molecule has 0 bridgehead atoms. The van der Waals surface area contributed by atoms with E-state index in [1.54, 1.807) is 18.2 Å². The van der Waals surface area contributed by atoms with Crippen LogP contribution in [0.5, 0.6) is 5.75 Å². The van der Waals surface area contributed by atoms with E-state index in [1.807, 2.05) is 0 Å². The predicted molar refractivity (Wildman–Crippen MR) is 49.9 cm³/mol. The van der Waals surface area contributed by atoms with E-state index < -0.39 is 5.97 Å². The molecule has 0 aliphatic rings. The Hall–Kier alpha value is -1.03. The standard InChI is InChI=1S/C11H8O3.Na/c12-8-4-5-9-7(6-8)2-1-3-10(9)11(13)14;/h1-6,12H,(H,13,14);/q;+1/p-1. The first-order chi connectivity index (χ1) is 6.68. The Morgan fingerprint density at radius 1 is 1.20 bits per heavy atom. The fourth-order valence-corrected chi connectivity index (χ4v) is 1.45. The molecular formula is C11H7NaO3. The van der Waals surface area contributed by atoms with E-state index in [0.717, 1.165) is 0 Å². The normalized spacial score (nSPS) is 9.60. The van der Waals surface area contributed by atoms with Gasteiger partial charge in [-0.15, -0.1) is 0 Å². The van der Waals surface area contributed by atoms with Gasteiger partial charge in [0.2, 0.25) is 0 Å². The van der Waals surface area contributed by atoms with E-state index in [4.69, 9.17) is 0 Å². The number of aromatic hydroxyl groups is 1. The Kier molecular flexibility index (Phi) is 3.74. The van der Waals surface area contributed by atoms with Crippen LogP contribution in [0.15, 0.2) is 36.4 Å². The Morgan fingerprint density at radius 2 is 1.93 bits per heavy atom. The van der Waals surface area contributed by atoms with Crippen molar-refractivity contribution in [2.75, 3.05) is 0 Å². The van der Waals surface area contributed by atoms with Crippen molar-refractivity contribution in [1.82, 2.24) is 0 Å². The predicted octanol–water partition coefficient (Wildman–Crippen LogP) is -2.09. The summed E-state index contributed by atoms with van der Waals surface area (Å²) >= 11 is 0. The van der Waals surface area contributed by atoms with Gasteiger partial charge < -0.3 is 15.0 Å². The number of carboxylic acid groups (broad SMARTS) is 1. The maximum atomic E-state index is 10.7. The summed E-state index contributed by atoms with van der Waals surface area (Å²) < 4.78 is 0. The van der Waals surface area contributed by atoms with Gasteiger partial charge in [-0.3, -0.25) is 0 Å². The first-order valence-corrected chi connectivity index (χ1v) is 4.11. The van der Waals surface area contributed by atoms with E-state index in [2.05, 4.69) is 0 Å². The number of phenols is 1. The Morgan fingerprint density at radius 3 is 2.60 bits per heavy atom. The van der Waals surface area contributed by atoms with E-state index in [0.29, 0.717) is 10.8 Å². The second-order valence-corrected chi connectivity index (χ2v) is 3.00. The topological polar surface area (TPSA) is 60.4 Å². The summed E-state index contributed by atoms with van der Waals surface area (Å²) in [4.78, 5) is 10.7. The molecule has 70 valence electrons. The van der Waals surface area contributed by atoms with Crippen LogP contribution in [0.25, 0.3) is 10.8 Å². The van der Waals surface area contributed by atoms with Crippen molar-refractivity contribution in [3.8, 4) is 5.75 Å². The molecule has 0 amide bonds. The second-order valence-electron chi connectivity index (χ2n) is 3.00. The molecule has 4 heteroatoms. The van der Waals surface area contributed by atoms with Gasteiger partial charge in [-0.2, -0.15) is 0 Å². The third-order valence-electron chi connectivity index (χ3n) is 2.08. The number of phenolic OH excluding ortho intramolecular Hbond substituents is 1. The van der Waals surface area contributed by atoms with Gasteiger partial charge in [0.05, 0.1) is 5.97 Å². The number of carboxylic acids is 1. The fourth-order valence-electron chi connectivity index (χ4n) is 1.45. The van der Waals surface area contributed by atoms with Crippen LogP contribution in [0.3, 0.4) is 0 Å². The molecule has 3 nitrogen and oxygen atoms in total. The Bertz CT molecular complexity index is 508. The van der Waals surface area contributed by atoms with Gasteiger partial charge in [0.1, 0.15) is 5.75 Å². The summed E-state index contributed by atoms with van der Waals surface area (Å²) in [5.74, 6) is -1.09. The van der Waals surface area contributed by atoms with E-state index in [9.17, 15) is 15.0 Å². The number of carbonyl (C=O) groups is 1. The first kappa shape index (κ1) is 12.0. The molecular weight excluding hydrogens is 203 g/mol. The maximum absolute atomic E-state index is 10.7. The minimum absolute atomic E-state index is 0. The van der Waals surface area contributed by atoms with Gasteiger partial charge >= 0.3 is 29.6 Å². The van der Waals surface area contributed by atoms with E-state index in [1.165, 1.54) is 18.2 Å². The third kappa shape index (κ3) is 2.31. The molecule has 1 N–H and O–H groups in total. The molecule has 2 aromatic carbocycles. The smallest absolute Gasteiger partial charge is 0.545 e. The van der Waals surface area contributed by atoms with E-state index in [-0.39, 0.29) is 40.9 Å². The fraction of sp³-hybridized carbons (Fsp3) is 0. The van der Waals surface area contributed by atoms with Crippen molar-refractivity contribution in [3.63, 3.8) is 0 Å². The first-order valence-electron chi connectivity index (χ1n) is 4.11. The van der Waals surface area contributed by atoms with Crippen molar-refractivity contribution >= 4 is 16.7 Å². The Labute approximate surface area is 109 Å². The van der Waals surface area contributed by atoms with Gasteiger partial charge in [-0.1, -0.05) is 24.3 Å². The maximum Gasteiger partial charge on any atom is 1.00 e. The van der Waals surface area contributed by atoms with Crippen molar-refractivity contribution < 1.29 is 44.6 Å². The molecule has 0 aromatic heterocycles. The zero-order valence-corrected chi connectivity index (χ0v) is 10.2. The number of hydrogen-bond donors (Lipinski definition) is 1. The summed E-state index contributed by atoms with van der Waals surface area (Å²) in [5, 5.41) is 21.2. The van der Waals surface area contributed by atoms with Crippen molar-refractivity contribution in [2.45, 2.75) is 0 Å². The van der Waals surface area contributed by atoms with Gasteiger partial charge in [0.15, 0.2) is 0 Å². The van der Waals surface area contributed by atoms with Crippen LogP contribution in [0.4, 0.5) is 0 Å². The molecule has 15 heavy (non-hydrogen) atoms. The van der Waals surface area contributed by atoms with Gasteiger partial charge in [-0.05, 0) is 22.9 Å². The zero-order valence-electron chi connectivity index (χ0n) is 8.23.